The van der Waals surface area contributed by atoms with E-state index in [-0.39, 0.29) is 12.7 Å². The third-order valence-corrected chi connectivity index (χ3v) is 4.14. The smallest absolute Gasteiger partial charge is 0.184 e. The summed E-state index contributed by atoms with van der Waals surface area (Å²) >= 11 is 6.00. The first-order valence-corrected chi connectivity index (χ1v) is 7.32. The van der Waals surface area contributed by atoms with Gasteiger partial charge in [0.2, 0.25) is 0 Å². The van der Waals surface area contributed by atoms with Crippen LogP contribution in [0.5, 0.6) is 0 Å². The van der Waals surface area contributed by atoms with Gasteiger partial charge in [0.25, 0.3) is 0 Å². The summed E-state index contributed by atoms with van der Waals surface area (Å²) in [6.45, 7) is 0.0615. The summed E-state index contributed by atoms with van der Waals surface area (Å²) in [4.78, 5) is 0. The van der Waals surface area contributed by atoms with Crippen molar-refractivity contribution in [1.82, 2.24) is 0 Å². The van der Waals surface area contributed by atoms with Crippen LogP contribution in [0.3, 0.4) is 0 Å². The summed E-state index contributed by atoms with van der Waals surface area (Å²) in [6.07, 6.45) is 4.48. The third-order valence-electron chi connectivity index (χ3n) is 3.90. The van der Waals surface area contributed by atoms with Gasteiger partial charge in [0.1, 0.15) is 6.17 Å². The highest BCUT2D eigenvalue weighted by Crippen LogP contribution is 2.38. The number of ether oxygens (including phenoxy) is 2. The molecule has 0 N–H and O–H groups in total. The first kappa shape index (κ1) is 13.3. The van der Waals surface area contributed by atoms with Crippen LogP contribution < -0.4 is 0 Å². The van der Waals surface area contributed by atoms with Crippen molar-refractivity contribution in [2.45, 2.75) is 50.7 Å². The summed E-state index contributed by atoms with van der Waals surface area (Å²) in [6, 6.07) is 5.22. The number of rotatable bonds is 2. The van der Waals surface area contributed by atoms with E-state index in [2.05, 4.69) is 0 Å². The predicted octanol–water partition coefficient (Wildman–Crippen LogP) is 4.73. The normalized spacial score (nSPS) is 28.1. The van der Waals surface area contributed by atoms with Crippen LogP contribution in [0.2, 0.25) is 5.02 Å². The Hall–Kier alpha value is -0.640. The van der Waals surface area contributed by atoms with Crippen molar-refractivity contribution < 1.29 is 13.9 Å². The molecule has 0 amide bonds. The molecule has 0 saturated heterocycles. The third kappa shape index (κ3) is 2.93. The lowest BCUT2D eigenvalue weighted by molar-refractivity contribution is -0.197. The zero-order valence-corrected chi connectivity index (χ0v) is 11.5. The summed E-state index contributed by atoms with van der Waals surface area (Å²) in [5, 5.41) is 0.591. The summed E-state index contributed by atoms with van der Waals surface area (Å²) < 4.78 is 25.4. The monoisotopic (exact) mass is 284 g/mol. The number of alkyl halides is 1. The van der Waals surface area contributed by atoms with E-state index in [1.807, 2.05) is 0 Å². The maximum Gasteiger partial charge on any atom is 0.184 e. The number of hydrogen-bond acceptors (Lipinski definition) is 2. The van der Waals surface area contributed by atoms with E-state index in [1.165, 1.54) is 19.3 Å². The molecule has 1 saturated carbocycles. The lowest BCUT2D eigenvalue weighted by atomic mass is 9.97. The molecule has 0 aromatic heterocycles. The summed E-state index contributed by atoms with van der Waals surface area (Å²) in [7, 11) is 0. The molecule has 0 radical (unpaired) electrons. The second-order valence-corrected chi connectivity index (χ2v) is 5.74. The molecule has 1 heterocycles. The van der Waals surface area contributed by atoms with Gasteiger partial charge in [-0.15, -0.1) is 0 Å². The van der Waals surface area contributed by atoms with Crippen LogP contribution in [0.4, 0.5) is 4.39 Å². The van der Waals surface area contributed by atoms with Gasteiger partial charge in [-0.2, -0.15) is 0 Å². The molecule has 0 bridgehead atoms. The molecular formula is C15H18ClFO2. The van der Waals surface area contributed by atoms with Gasteiger partial charge >= 0.3 is 0 Å². The molecule has 1 aromatic rings. The van der Waals surface area contributed by atoms with Crippen LogP contribution in [-0.2, 0) is 9.47 Å². The minimum absolute atomic E-state index is 0.0615. The Bertz CT molecular complexity index is 446. The van der Waals surface area contributed by atoms with Gasteiger partial charge in [-0.3, -0.25) is 0 Å². The zero-order valence-electron chi connectivity index (χ0n) is 10.8. The van der Waals surface area contributed by atoms with Crippen LogP contribution in [0, 0.1) is 0 Å². The van der Waals surface area contributed by atoms with E-state index in [0.29, 0.717) is 10.6 Å². The molecule has 2 atom stereocenters. The minimum Gasteiger partial charge on any atom is -0.345 e. The second-order valence-electron chi connectivity index (χ2n) is 5.30. The molecule has 0 unspecified atom stereocenters. The number of benzene rings is 1. The Morgan fingerprint density at radius 2 is 1.95 bits per heavy atom. The fourth-order valence-electron chi connectivity index (χ4n) is 2.88. The molecule has 104 valence electrons. The molecule has 0 spiro atoms. The molecule has 4 heteroatoms. The largest absolute Gasteiger partial charge is 0.345 e. The van der Waals surface area contributed by atoms with Crippen molar-refractivity contribution in [2.24, 2.45) is 0 Å². The minimum atomic E-state index is -1.08. The molecule has 1 fully saturated rings. The van der Waals surface area contributed by atoms with E-state index >= 15 is 0 Å². The van der Waals surface area contributed by atoms with Crippen molar-refractivity contribution >= 4 is 11.6 Å². The van der Waals surface area contributed by atoms with Gasteiger partial charge in [0.15, 0.2) is 6.29 Å². The number of halogens is 2. The average Bonchev–Trinajstić information content (AvgIpc) is 2.43. The maximum absolute atomic E-state index is 13.8. The summed E-state index contributed by atoms with van der Waals surface area (Å²) in [5.41, 5.74) is 1.40. The van der Waals surface area contributed by atoms with Gasteiger partial charge in [0, 0.05) is 10.6 Å². The molecular weight excluding hydrogens is 267 g/mol. The van der Waals surface area contributed by atoms with Gasteiger partial charge in [-0.05, 0) is 30.5 Å². The zero-order chi connectivity index (χ0) is 13.2. The average molecular weight is 285 g/mol. The fourth-order valence-corrected chi connectivity index (χ4v) is 3.06. The Kier molecular flexibility index (Phi) is 4.06. The van der Waals surface area contributed by atoms with E-state index in [4.69, 9.17) is 21.1 Å². The number of fused-ring (bicyclic) bond motifs is 1. The number of hydrogen-bond donors (Lipinski definition) is 0. The van der Waals surface area contributed by atoms with Crippen LogP contribution in [0.15, 0.2) is 18.2 Å². The molecule has 19 heavy (non-hydrogen) atoms. The van der Waals surface area contributed by atoms with Crippen molar-refractivity contribution in [2.75, 3.05) is 6.61 Å². The second kappa shape index (κ2) is 5.78. The van der Waals surface area contributed by atoms with E-state index in [0.717, 1.165) is 18.4 Å². The molecule has 3 rings (SSSR count). The lowest BCUT2D eigenvalue weighted by Gasteiger charge is -2.32. The van der Waals surface area contributed by atoms with Gasteiger partial charge in [0.05, 0.1) is 12.7 Å². The van der Waals surface area contributed by atoms with E-state index in [1.54, 1.807) is 18.2 Å². The van der Waals surface area contributed by atoms with Crippen LogP contribution in [0.25, 0.3) is 0 Å². The highest BCUT2D eigenvalue weighted by Gasteiger charge is 2.30. The van der Waals surface area contributed by atoms with E-state index < -0.39 is 12.5 Å². The van der Waals surface area contributed by atoms with Gasteiger partial charge in [-0.25, -0.2) is 4.39 Å². The van der Waals surface area contributed by atoms with Gasteiger partial charge < -0.3 is 9.47 Å². The van der Waals surface area contributed by atoms with Crippen molar-refractivity contribution in [3.05, 3.63) is 34.3 Å². The first-order chi connectivity index (χ1) is 9.24. The predicted molar refractivity (Wildman–Crippen MR) is 72.0 cm³/mol. The topological polar surface area (TPSA) is 18.5 Å². The van der Waals surface area contributed by atoms with Crippen molar-refractivity contribution in [3.63, 3.8) is 0 Å². The Morgan fingerprint density at radius 3 is 2.74 bits per heavy atom. The molecule has 1 aromatic carbocycles. The Balaban J connectivity index is 1.79. The van der Waals surface area contributed by atoms with Crippen molar-refractivity contribution in [1.29, 1.82) is 0 Å². The standard InChI is InChI=1S/C15H18ClFO2/c16-10-6-7-12-13(8-10)15(18-9-14(12)17)19-11-4-2-1-3-5-11/h6-8,11,14-15H,1-5,9H2/t14-,15+/m1/s1. The van der Waals surface area contributed by atoms with Gasteiger partial charge in [-0.1, -0.05) is 36.9 Å². The molecule has 1 aliphatic heterocycles. The van der Waals surface area contributed by atoms with Crippen LogP contribution in [-0.4, -0.2) is 12.7 Å². The highest BCUT2D eigenvalue weighted by atomic mass is 35.5. The SMILES string of the molecule is F[C@@H]1CO[C@@H](OC2CCCCC2)c2cc(Cl)ccc21. The van der Waals surface area contributed by atoms with Crippen LogP contribution >= 0.6 is 11.6 Å². The Labute approximate surface area is 117 Å². The maximum atomic E-state index is 13.8. The van der Waals surface area contributed by atoms with E-state index in [9.17, 15) is 4.39 Å². The molecule has 1 aliphatic carbocycles. The summed E-state index contributed by atoms with van der Waals surface area (Å²) in [5.74, 6) is 0. The lowest BCUT2D eigenvalue weighted by Crippen LogP contribution is -2.26. The Morgan fingerprint density at radius 1 is 1.16 bits per heavy atom. The quantitative estimate of drug-likeness (QED) is 0.782. The molecule has 2 aliphatic rings. The van der Waals surface area contributed by atoms with Crippen LogP contribution in [0.1, 0.15) is 55.7 Å². The van der Waals surface area contributed by atoms with Crippen molar-refractivity contribution in [3.8, 4) is 0 Å². The molecule has 2 nitrogen and oxygen atoms in total. The fraction of sp³-hybridized carbons (Fsp3) is 0.600. The first-order valence-electron chi connectivity index (χ1n) is 6.94. The highest BCUT2D eigenvalue weighted by molar-refractivity contribution is 6.30.